The number of rotatable bonds is 5. The molecular formula is C12H19ClN2. The third kappa shape index (κ3) is 4.20. The molecule has 0 saturated carbocycles. The highest BCUT2D eigenvalue weighted by atomic mass is 35.5. The van der Waals surface area contributed by atoms with Crippen molar-refractivity contribution in [2.45, 2.75) is 25.8 Å². The Labute approximate surface area is 97.2 Å². The van der Waals surface area contributed by atoms with Gasteiger partial charge in [0, 0.05) is 25.2 Å². The maximum absolute atomic E-state index is 5.87. The molecule has 2 nitrogen and oxygen atoms in total. The van der Waals surface area contributed by atoms with Crippen LogP contribution in [0.5, 0.6) is 0 Å². The predicted octanol–water partition coefficient (Wildman–Crippen LogP) is 3.25. The normalized spacial score (nSPS) is 13.1. The quantitative estimate of drug-likeness (QED) is 0.776. The molecular weight excluding hydrogens is 208 g/mol. The maximum Gasteiger partial charge on any atom is 0.0464 e. The van der Waals surface area contributed by atoms with Crippen LogP contribution in [-0.2, 0) is 0 Å². The Kier molecular flexibility index (Phi) is 5.09. The van der Waals surface area contributed by atoms with E-state index in [9.17, 15) is 0 Å². The Balaban J connectivity index is 2.74. The number of halogens is 1. The Morgan fingerprint density at radius 3 is 2.33 bits per heavy atom. The molecule has 0 saturated heterocycles. The number of hydrazine groups is 1. The molecule has 0 aromatic heterocycles. The molecule has 0 radical (unpaired) electrons. The average Bonchev–Trinajstić information content (AvgIpc) is 2.17. The first-order chi connectivity index (χ1) is 7.13. The van der Waals surface area contributed by atoms with Crippen LogP contribution in [0.3, 0.4) is 0 Å². The lowest BCUT2D eigenvalue weighted by Crippen LogP contribution is -2.34. The van der Waals surface area contributed by atoms with Gasteiger partial charge in [-0.05, 0) is 24.1 Å². The molecule has 1 aromatic rings. The molecule has 84 valence electrons. The first kappa shape index (κ1) is 12.5. The van der Waals surface area contributed by atoms with Crippen molar-refractivity contribution in [1.29, 1.82) is 0 Å². The summed E-state index contributed by atoms with van der Waals surface area (Å²) in [7, 11) is 4.02. The highest BCUT2D eigenvalue weighted by Gasteiger charge is 2.10. The molecule has 1 unspecified atom stereocenters. The van der Waals surface area contributed by atoms with Crippen molar-refractivity contribution < 1.29 is 0 Å². The van der Waals surface area contributed by atoms with Crippen LogP contribution in [-0.4, -0.2) is 19.1 Å². The number of nitrogens with one attached hydrogen (secondary N) is 1. The third-order valence-corrected chi connectivity index (χ3v) is 2.52. The molecule has 0 bridgehead atoms. The van der Waals surface area contributed by atoms with Gasteiger partial charge in [-0.3, -0.25) is 5.01 Å². The van der Waals surface area contributed by atoms with Gasteiger partial charge in [0.25, 0.3) is 0 Å². The zero-order chi connectivity index (χ0) is 11.3. The van der Waals surface area contributed by atoms with Crippen LogP contribution >= 0.6 is 11.6 Å². The first-order valence-corrected chi connectivity index (χ1v) is 5.70. The van der Waals surface area contributed by atoms with Gasteiger partial charge in [0.2, 0.25) is 0 Å². The van der Waals surface area contributed by atoms with Gasteiger partial charge < -0.3 is 0 Å². The molecule has 1 rings (SSSR count). The monoisotopic (exact) mass is 226 g/mol. The zero-order valence-electron chi connectivity index (χ0n) is 9.63. The first-order valence-electron chi connectivity index (χ1n) is 5.32. The van der Waals surface area contributed by atoms with Crippen LogP contribution < -0.4 is 5.43 Å². The molecule has 1 N–H and O–H groups in total. The summed E-state index contributed by atoms with van der Waals surface area (Å²) in [6, 6.07) is 8.42. The molecule has 1 aromatic carbocycles. The van der Waals surface area contributed by atoms with E-state index in [4.69, 9.17) is 11.6 Å². The summed E-state index contributed by atoms with van der Waals surface area (Å²) in [5.74, 6) is 0. The molecule has 15 heavy (non-hydrogen) atoms. The summed E-state index contributed by atoms with van der Waals surface area (Å²) in [5.41, 5.74) is 4.69. The maximum atomic E-state index is 5.87. The highest BCUT2D eigenvalue weighted by Crippen LogP contribution is 2.20. The second-order valence-electron chi connectivity index (χ2n) is 3.92. The van der Waals surface area contributed by atoms with E-state index in [0.29, 0.717) is 6.04 Å². The van der Waals surface area contributed by atoms with Crippen LogP contribution in [0.4, 0.5) is 0 Å². The van der Waals surface area contributed by atoms with Crippen LogP contribution in [0.1, 0.15) is 31.4 Å². The Morgan fingerprint density at radius 2 is 1.87 bits per heavy atom. The topological polar surface area (TPSA) is 15.3 Å². The molecule has 1 atom stereocenters. The van der Waals surface area contributed by atoms with E-state index in [0.717, 1.165) is 17.9 Å². The molecule has 0 spiro atoms. The van der Waals surface area contributed by atoms with Gasteiger partial charge in [-0.1, -0.05) is 37.1 Å². The minimum absolute atomic E-state index is 0.377. The van der Waals surface area contributed by atoms with Gasteiger partial charge in [0.1, 0.15) is 0 Å². The smallest absolute Gasteiger partial charge is 0.0464 e. The number of benzene rings is 1. The van der Waals surface area contributed by atoms with Crippen molar-refractivity contribution in [2.24, 2.45) is 0 Å². The molecule has 0 fully saturated rings. The molecule has 0 aliphatic rings. The fourth-order valence-corrected chi connectivity index (χ4v) is 1.73. The molecule has 0 aliphatic carbocycles. The second-order valence-corrected chi connectivity index (χ2v) is 4.35. The fourth-order valence-electron chi connectivity index (χ4n) is 1.60. The van der Waals surface area contributed by atoms with E-state index in [2.05, 4.69) is 24.5 Å². The Hall–Kier alpha value is -0.570. The number of hydrogen-bond donors (Lipinski definition) is 1. The highest BCUT2D eigenvalue weighted by molar-refractivity contribution is 6.30. The van der Waals surface area contributed by atoms with Crippen molar-refractivity contribution in [3.8, 4) is 0 Å². The lowest BCUT2D eigenvalue weighted by Gasteiger charge is -2.23. The van der Waals surface area contributed by atoms with E-state index in [1.807, 2.05) is 31.2 Å². The average molecular weight is 227 g/mol. The van der Waals surface area contributed by atoms with Gasteiger partial charge >= 0.3 is 0 Å². The molecule has 0 heterocycles. The van der Waals surface area contributed by atoms with E-state index in [1.54, 1.807) is 0 Å². The van der Waals surface area contributed by atoms with Crippen molar-refractivity contribution in [1.82, 2.24) is 10.4 Å². The molecule has 3 heteroatoms. The number of nitrogens with zero attached hydrogens (tertiary/aromatic N) is 1. The SMILES string of the molecule is CCCC(NN(C)C)c1ccc(Cl)cc1. The molecule has 0 aliphatic heterocycles. The molecule has 0 amide bonds. The third-order valence-electron chi connectivity index (χ3n) is 2.26. The Bertz CT molecular complexity index is 282. The number of hydrogen-bond acceptors (Lipinski definition) is 2. The van der Waals surface area contributed by atoms with Gasteiger partial charge in [0.05, 0.1) is 0 Å². The lowest BCUT2D eigenvalue weighted by atomic mass is 10.0. The summed E-state index contributed by atoms with van der Waals surface area (Å²) in [6.07, 6.45) is 2.29. The van der Waals surface area contributed by atoms with Crippen LogP contribution in [0.2, 0.25) is 5.02 Å². The van der Waals surface area contributed by atoms with Crippen LogP contribution in [0.25, 0.3) is 0 Å². The van der Waals surface area contributed by atoms with Gasteiger partial charge in [0.15, 0.2) is 0 Å². The largest absolute Gasteiger partial charge is 0.250 e. The van der Waals surface area contributed by atoms with Gasteiger partial charge in [-0.15, -0.1) is 0 Å². The van der Waals surface area contributed by atoms with Crippen molar-refractivity contribution in [3.63, 3.8) is 0 Å². The van der Waals surface area contributed by atoms with Crippen molar-refractivity contribution in [3.05, 3.63) is 34.9 Å². The van der Waals surface area contributed by atoms with Crippen LogP contribution in [0.15, 0.2) is 24.3 Å². The summed E-state index contributed by atoms with van der Waals surface area (Å²) in [4.78, 5) is 0. The lowest BCUT2D eigenvalue weighted by molar-refractivity contribution is 0.234. The second kappa shape index (κ2) is 6.11. The van der Waals surface area contributed by atoms with Crippen LogP contribution in [0, 0.1) is 0 Å². The van der Waals surface area contributed by atoms with Crippen molar-refractivity contribution in [2.75, 3.05) is 14.1 Å². The minimum Gasteiger partial charge on any atom is -0.250 e. The van der Waals surface area contributed by atoms with E-state index >= 15 is 0 Å². The van der Waals surface area contributed by atoms with Gasteiger partial charge in [-0.2, -0.15) is 0 Å². The fraction of sp³-hybridized carbons (Fsp3) is 0.500. The van der Waals surface area contributed by atoms with E-state index in [-0.39, 0.29) is 0 Å². The van der Waals surface area contributed by atoms with E-state index in [1.165, 1.54) is 5.56 Å². The standard InChI is InChI=1S/C12H19ClN2/c1-4-5-12(14-15(2)3)10-6-8-11(13)9-7-10/h6-9,12,14H,4-5H2,1-3H3. The zero-order valence-corrected chi connectivity index (χ0v) is 10.4. The summed E-state index contributed by atoms with van der Waals surface area (Å²) >= 11 is 5.87. The van der Waals surface area contributed by atoms with Gasteiger partial charge in [-0.25, -0.2) is 5.43 Å². The van der Waals surface area contributed by atoms with Crippen molar-refractivity contribution >= 4 is 11.6 Å². The summed E-state index contributed by atoms with van der Waals surface area (Å²) in [5, 5.41) is 2.79. The predicted molar refractivity (Wildman–Crippen MR) is 65.9 cm³/mol. The summed E-state index contributed by atoms with van der Waals surface area (Å²) in [6.45, 7) is 2.19. The summed E-state index contributed by atoms with van der Waals surface area (Å²) < 4.78 is 0. The minimum atomic E-state index is 0.377. The van der Waals surface area contributed by atoms with E-state index < -0.39 is 0 Å². The Morgan fingerprint density at radius 1 is 1.27 bits per heavy atom.